The van der Waals surface area contributed by atoms with Crippen molar-refractivity contribution in [3.8, 4) is 11.4 Å². The molecular weight excluding hydrogens is 362 g/mol. The lowest BCUT2D eigenvalue weighted by atomic mass is 9.87. The second kappa shape index (κ2) is 8.43. The summed E-state index contributed by atoms with van der Waals surface area (Å²) in [5.74, 6) is 0.801. The Morgan fingerprint density at radius 2 is 1.72 bits per heavy atom. The number of hydrogen-bond acceptors (Lipinski definition) is 4. The number of likely N-dealkylation sites (N-methyl/N-ethyl adjacent to an activating group) is 1. The fraction of sp³-hybridized carbons (Fsp3) is 0.292. The minimum atomic E-state index is -0.125. The first-order valence-electron chi connectivity index (χ1n) is 9.66. The third-order valence-electron chi connectivity index (χ3n) is 4.72. The summed E-state index contributed by atoms with van der Waals surface area (Å²) in [6.07, 6.45) is 3.38. The Labute approximate surface area is 172 Å². The van der Waals surface area contributed by atoms with Gasteiger partial charge < -0.3 is 9.42 Å². The van der Waals surface area contributed by atoms with Gasteiger partial charge in [0.25, 0.3) is 0 Å². The molecule has 1 aromatic heterocycles. The first-order chi connectivity index (χ1) is 13.7. The van der Waals surface area contributed by atoms with Crippen LogP contribution in [0.25, 0.3) is 17.5 Å². The number of nitrogens with zero attached hydrogens (tertiary/aromatic N) is 3. The number of rotatable bonds is 5. The molecule has 0 aliphatic heterocycles. The molecule has 0 atom stereocenters. The Balaban J connectivity index is 1.60. The standard InChI is InChI=1S/C24H27N3O2/c1-17-6-11-19(12-7-17)23-25-21(29-26-23)16-27(5)22(28)15-10-18-8-13-20(14-9-18)24(2,3)4/h6-15H,16H2,1-5H3. The second-order valence-electron chi connectivity index (χ2n) is 8.28. The zero-order chi connectivity index (χ0) is 21.0. The highest BCUT2D eigenvalue weighted by Crippen LogP contribution is 2.22. The number of benzene rings is 2. The van der Waals surface area contributed by atoms with Gasteiger partial charge in [0.15, 0.2) is 0 Å². The van der Waals surface area contributed by atoms with Gasteiger partial charge in [-0.05, 0) is 29.5 Å². The summed E-state index contributed by atoms with van der Waals surface area (Å²) in [7, 11) is 1.71. The summed E-state index contributed by atoms with van der Waals surface area (Å²) in [5, 5.41) is 4.01. The Kier molecular flexibility index (Phi) is 5.97. The normalized spacial score (nSPS) is 11.8. The van der Waals surface area contributed by atoms with E-state index in [9.17, 15) is 4.79 Å². The molecule has 0 radical (unpaired) electrons. The summed E-state index contributed by atoms with van der Waals surface area (Å²) in [6.45, 7) is 8.82. The molecule has 3 aromatic rings. The summed E-state index contributed by atoms with van der Waals surface area (Å²) >= 11 is 0. The zero-order valence-corrected chi connectivity index (χ0v) is 17.6. The highest BCUT2D eigenvalue weighted by atomic mass is 16.5. The predicted molar refractivity (Wildman–Crippen MR) is 115 cm³/mol. The lowest BCUT2D eigenvalue weighted by Crippen LogP contribution is -2.24. The fourth-order valence-electron chi connectivity index (χ4n) is 2.81. The van der Waals surface area contributed by atoms with Gasteiger partial charge in [-0.25, -0.2) is 0 Å². The monoisotopic (exact) mass is 389 g/mol. The van der Waals surface area contributed by atoms with Crippen LogP contribution in [0.2, 0.25) is 0 Å². The summed E-state index contributed by atoms with van der Waals surface area (Å²) in [4.78, 5) is 18.3. The molecule has 0 saturated carbocycles. The number of aryl methyl sites for hydroxylation is 1. The van der Waals surface area contributed by atoms with Gasteiger partial charge in [-0.2, -0.15) is 4.98 Å². The molecule has 150 valence electrons. The molecule has 1 amide bonds. The van der Waals surface area contributed by atoms with E-state index >= 15 is 0 Å². The van der Waals surface area contributed by atoms with E-state index in [1.54, 1.807) is 18.0 Å². The van der Waals surface area contributed by atoms with Gasteiger partial charge in [-0.3, -0.25) is 4.79 Å². The summed E-state index contributed by atoms with van der Waals surface area (Å²) < 4.78 is 5.30. The van der Waals surface area contributed by atoms with E-state index in [1.165, 1.54) is 11.1 Å². The highest BCUT2D eigenvalue weighted by molar-refractivity contribution is 5.91. The summed E-state index contributed by atoms with van der Waals surface area (Å²) in [6, 6.07) is 16.1. The van der Waals surface area contributed by atoms with Crippen molar-refractivity contribution in [2.24, 2.45) is 0 Å². The quantitative estimate of drug-likeness (QED) is 0.575. The third-order valence-corrected chi connectivity index (χ3v) is 4.72. The molecule has 5 heteroatoms. The summed E-state index contributed by atoms with van der Waals surface area (Å²) in [5.41, 5.74) is 4.42. The predicted octanol–water partition coefficient (Wildman–Crippen LogP) is 5.01. The van der Waals surface area contributed by atoms with Crippen LogP contribution in [0.1, 0.15) is 43.4 Å². The largest absolute Gasteiger partial charge is 0.337 e. The number of aromatic nitrogens is 2. The van der Waals surface area contributed by atoms with Crippen molar-refractivity contribution in [1.82, 2.24) is 15.0 Å². The molecule has 0 saturated heterocycles. The van der Waals surface area contributed by atoms with E-state index in [1.807, 2.05) is 49.4 Å². The van der Waals surface area contributed by atoms with Crippen molar-refractivity contribution < 1.29 is 9.32 Å². The van der Waals surface area contributed by atoms with Crippen LogP contribution in [0.15, 0.2) is 59.1 Å². The van der Waals surface area contributed by atoms with Crippen LogP contribution in [0.3, 0.4) is 0 Å². The third kappa shape index (κ3) is 5.41. The van der Waals surface area contributed by atoms with E-state index in [0.717, 1.165) is 11.1 Å². The van der Waals surface area contributed by atoms with Crippen molar-refractivity contribution in [3.63, 3.8) is 0 Å². The molecule has 0 N–H and O–H groups in total. The number of carbonyl (C=O) groups excluding carboxylic acids is 1. The molecule has 0 fully saturated rings. The molecule has 1 heterocycles. The average Bonchev–Trinajstić information content (AvgIpc) is 3.14. The van der Waals surface area contributed by atoms with Gasteiger partial charge >= 0.3 is 0 Å². The Hall–Kier alpha value is -3.21. The fourth-order valence-corrected chi connectivity index (χ4v) is 2.81. The Morgan fingerprint density at radius 1 is 1.07 bits per heavy atom. The van der Waals surface area contributed by atoms with Crippen LogP contribution in [0.5, 0.6) is 0 Å². The van der Waals surface area contributed by atoms with Gasteiger partial charge in [-0.1, -0.05) is 80.0 Å². The maximum Gasteiger partial charge on any atom is 0.246 e. The molecule has 0 bridgehead atoms. The molecule has 0 aliphatic rings. The van der Waals surface area contributed by atoms with Crippen LogP contribution < -0.4 is 0 Å². The Morgan fingerprint density at radius 3 is 2.34 bits per heavy atom. The van der Waals surface area contributed by atoms with Crippen LogP contribution in [0.4, 0.5) is 0 Å². The van der Waals surface area contributed by atoms with E-state index in [0.29, 0.717) is 11.7 Å². The van der Waals surface area contributed by atoms with E-state index in [2.05, 4.69) is 43.0 Å². The van der Waals surface area contributed by atoms with Crippen LogP contribution >= 0.6 is 0 Å². The molecule has 3 rings (SSSR count). The molecule has 0 unspecified atom stereocenters. The van der Waals surface area contributed by atoms with E-state index in [4.69, 9.17) is 4.52 Å². The van der Waals surface area contributed by atoms with Crippen LogP contribution in [-0.2, 0) is 16.8 Å². The lowest BCUT2D eigenvalue weighted by molar-refractivity contribution is -0.125. The van der Waals surface area contributed by atoms with Crippen LogP contribution in [-0.4, -0.2) is 28.0 Å². The maximum atomic E-state index is 12.4. The maximum absolute atomic E-state index is 12.4. The van der Waals surface area contributed by atoms with Gasteiger partial charge in [0.2, 0.25) is 17.6 Å². The van der Waals surface area contributed by atoms with Crippen molar-refractivity contribution in [2.45, 2.75) is 39.7 Å². The van der Waals surface area contributed by atoms with Gasteiger partial charge in [-0.15, -0.1) is 0 Å². The number of hydrogen-bond donors (Lipinski definition) is 0. The molecule has 2 aromatic carbocycles. The van der Waals surface area contributed by atoms with Gasteiger partial charge in [0.05, 0.1) is 6.54 Å². The first-order valence-corrected chi connectivity index (χ1v) is 9.66. The van der Waals surface area contributed by atoms with Crippen molar-refractivity contribution in [2.75, 3.05) is 7.05 Å². The molecule has 5 nitrogen and oxygen atoms in total. The van der Waals surface area contributed by atoms with Gasteiger partial charge in [0, 0.05) is 18.7 Å². The highest BCUT2D eigenvalue weighted by Gasteiger charge is 2.14. The smallest absolute Gasteiger partial charge is 0.246 e. The van der Waals surface area contributed by atoms with Crippen molar-refractivity contribution in [1.29, 1.82) is 0 Å². The van der Waals surface area contributed by atoms with E-state index < -0.39 is 0 Å². The Bertz CT molecular complexity index is 994. The minimum absolute atomic E-state index is 0.111. The number of carbonyl (C=O) groups is 1. The SMILES string of the molecule is Cc1ccc(-c2noc(CN(C)C(=O)C=Cc3ccc(C(C)(C)C)cc3)n2)cc1. The zero-order valence-electron chi connectivity index (χ0n) is 17.6. The minimum Gasteiger partial charge on any atom is -0.337 e. The van der Waals surface area contributed by atoms with E-state index in [-0.39, 0.29) is 17.9 Å². The number of amides is 1. The molecule has 0 spiro atoms. The van der Waals surface area contributed by atoms with Crippen molar-refractivity contribution >= 4 is 12.0 Å². The second-order valence-corrected chi connectivity index (χ2v) is 8.28. The lowest BCUT2D eigenvalue weighted by Gasteiger charge is -2.18. The van der Waals surface area contributed by atoms with Gasteiger partial charge in [0.1, 0.15) is 0 Å². The average molecular weight is 389 g/mol. The van der Waals surface area contributed by atoms with Crippen LogP contribution in [0, 0.1) is 6.92 Å². The topological polar surface area (TPSA) is 59.2 Å². The first kappa shape index (κ1) is 20.5. The molecule has 0 aliphatic carbocycles. The molecular formula is C24H27N3O2. The van der Waals surface area contributed by atoms with Crippen molar-refractivity contribution in [3.05, 3.63) is 77.2 Å². The molecule has 29 heavy (non-hydrogen) atoms.